The minimum absolute atomic E-state index is 0.0621. The van der Waals surface area contributed by atoms with E-state index in [4.69, 9.17) is 5.11 Å². The van der Waals surface area contributed by atoms with Gasteiger partial charge >= 0.3 is 0 Å². The van der Waals surface area contributed by atoms with E-state index in [-0.39, 0.29) is 24.0 Å². The summed E-state index contributed by atoms with van der Waals surface area (Å²) < 4.78 is 1.57. The van der Waals surface area contributed by atoms with E-state index in [0.29, 0.717) is 12.1 Å². The third-order valence-electron chi connectivity index (χ3n) is 3.00. The topological polar surface area (TPSA) is 67.2 Å². The van der Waals surface area contributed by atoms with Crippen molar-refractivity contribution in [3.63, 3.8) is 0 Å². The molecule has 1 atom stereocenters. The van der Waals surface area contributed by atoms with Gasteiger partial charge in [-0.05, 0) is 24.8 Å². The van der Waals surface area contributed by atoms with Crippen LogP contribution in [0.4, 0.5) is 0 Å². The lowest BCUT2D eigenvalue weighted by Gasteiger charge is -2.31. The number of aliphatic hydroxyl groups is 1. The molecule has 1 rings (SSSR count). The van der Waals surface area contributed by atoms with Gasteiger partial charge in [0.05, 0.1) is 5.69 Å². The first-order valence-electron chi connectivity index (χ1n) is 6.18. The van der Waals surface area contributed by atoms with Crippen LogP contribution in [-0.2, 0) is 7.05 Å². The van der Waals surface area contributed by atoms with Crippen LogP contribution in [0, 0.1) is 12.3 Å². The van der Waals surface area contributed by atoms with Crippen LogP contribution in [0.25, 0.3) is 0 Å². The van der Waals surface area contributed by atoms with E-state index < -0.39 is 0 Å². The molecule has 0 aromatic carbocycles. The summed E-state index contributed by atoms with van der Waals surface area (Å²) in [5, 5.41) is 16.2. The maximum absolute atomic E-state index is 12.2. The lowest BCUT2D eigenvalue weighted by molar-refractivity contribution is 0.0875. The van der Waals surface area contributed by atoms with Gasteiger partial charge in [0.1, 0.15) is 5.69 Å². The van der Waals surface area contributed by atoms with Crippen molar-refractivity contribution in [2.45, 2.75) is 40.2 Å². The Morgan fingerprint density at radius 3 is 2.56 bits per heavy atom. The summed E-state index contributed by atoms with van der Waals surface area (Å²) in [6.45, 7) is 8.05. The molecule has 0 bridgehead atoms. The molecule has 1 aromatic heterocycles. The molecular weight excluding hydrogens is 230 g/mol. The number of carbonyl (C=O) groups is 1. The molecule has 0 aliphatic heterocycles. The van der Waals surface area contributed by atoms with Gasteiger partial charge in [-0.3, -0.25) is 9.48 Å². The molecule has 0 aliphatic rings. The molecule has 0 saturated heterocycles. The number of aromatic nitrogens is 2. The summed E-state index contributed by atoms with van der Waals surface area (Å²) in [6, 6.07) is 1.69. The Morgan fingerprint density at radius 2 is 2.17 bits per heavy atom. The van der Waals surface area contributed by atoms with Crippen molar-refractivity contribution >= 4 is 5.91 Å². The van der Waals surface area contributed by atoms with Crippen molar-refractivity contribution in [3.05, 3.63) is 17.5 Å². The molecule has 1 aromatic rings. The van der Waals surface area contributed by atoms with Crippen LogP contribution in [0.15, 0.2) is 6.07 Å². The smallest absolute Gasteiger partial charge is 0.269 e. The van der Waals surface area contributed by atoms with Crippen LogP contribution in [0.3, 0.4) is 0 Å². The molecule has 5 heteroatoms. The first-order chi connectivity index (χ1) is 8.25. The molecule has 18 heavy (non-hydrogen) atoms. The predicted octanol–water partition coefficient (Wildman–Crippen LogP) is 1.26. The van der Waals surface area contributed by atoms with Gasteiger partial charge in [-0.25, -0.2) is 0 Å². The number of amides is 1. The number of aliphatic hydroxyl groups excluding tert-OH is 1. The molecule has 2 N–H and O–H groups in total. The number of hydrogen-bond acceptors (Lipinski definition) is 3. The molecule has 102 valence electrons. The summed E-state index contributed by atoms with van der Waals surface area (Å²) in [5.41, 5.74) is 1.27. The fraction of sp³-hybridized carbons (Fsp3) is 0.692. The lowest BCUT2D eigenvalue weighted by Crippen LogP contribution is -2.44. The minimum Gasteiger partial charge on any atom is -0.396 e. The predicted molar refractivity (Wildman–Crippen MR) is 70.4 cm³/mol. The van der Waals surface area contributed by atoms with Crippen molar-refractivity contribution < 1.29 is 9.90 Å². The molecule has 0 radical (unpaired) electrons. The van der Waals surface area contributed by atoms with Crippen molar-refractivity contribution in [1.82, 2.24) is 15.1 Å². The maximum atomic E-state index is 12.2. The van der Waals surface area contributed by atoms with Crippen molar-refractivity contribution in [3.8, 4) is 0 Å². The Balaban J connectivity index is 2.82. The summed E-state index contributed by atoms with van der Waals surface area (Å²) in [7, 11) is 1.75. The minimum atomic E-state index is -0.147. The van der Waals surface area contributed by atoms with E-state index in [1.165, 1.54) is 0 Å². The number of carbonyl (C=O) groups excluding carboxylic acids is 1. The Hall–Kier alpha value is -1.36. The zero-order valence-corrected chi connectivity index (χ0v) is 11.8. The van der Waals surface area contributed by atoms with Crippen LogP contribution in [0.1, 0.15) is 43.4 Å². The van der Waals surface area contributed by atoms with Crippen LogP contribution in [-0.4, -0.2) is 33.4 Å². The second-order valence-corrected chi connectivity index (χ2v) is 5.70. The van der Waals surface area contributed by atoms with Gasteiger partial charge in [0.25, 0.3) is 5.91 Å². The SMILES string of the molecule is Cc1cc(C(=O)NC(CCO)C(C)(C)C)n(C)n1. The average Bonchev–Trinajstić information content (AvgIpc) is 2.55. The fourth-order valence-corrected chi connectivity index (χ4v) is 1.91. The molecule has 0 saturated carbocycles. The van der Waals surface area contributed by atoms with E-state index in [0.717, 1.165) is 5.69 Å². The van der Waals surface area contributed by atoms with Crippen molar-refractivity contribution in [2.75, 3.05) is 6.61 Å². The van der Waals surface area contributed by atoms with Crippen LogP contribution < -0.4 is 5.32 Å². The molecule has 0 aliphatic carbocycles. The lowest BCUT2D eigenvalue weighted by atomic mass is 9.85. The van der Waals surface area contributed by atoms with E-state index in [9.17, 15) is 4.79 Å². The zero-order valence-electron chi connectivity index (χ0n) is 11.8. The normalized spacial score (nSPS) is 13.4. The largest absolute Gasteiger partial charge is 0.396 e. The molecule has 0 spiro atoms. The third kappa shape index (κ3) is 3.57. The number of rotatable bonds is 4. The van der Waals surface area contributed by atoms with E-state index in [1.807, 2.05) is 27.7 Å². The number of nitrogens with one attached hydrogen (secondary N) is 1. The molecule has 1 heterocycles. The number of hydrogen-bond donors (Lipinski definition) is 2. The molecule has 0 fully saturated rings. The summed E-state index contributed by atoms with van der Waals surface area (Å²) in [6.07, 6.45) is 0.548. The highest BCUT2D eigenvalue weighted by molar-refractivity contribution is 5.92. The van der Waals surface area contributed by atoms with Gasteiger partial charge in [0, 0.05) is 19.7 Å². The van der Waals surface area contributed by atoms with Crippen molar-refractivity contribution in [2.24, 2.45) is 12.5 Å². The quantitative estimate of drug-likeness (QED) is 0.848. The van der Waals surface area contributed by atoms with Gasteiger partial charge in [0.2, 0.25) is 0 Å². The zero-order chi connectivity index (χ0) is 13.9. The monoisotopic (exact) mass is 253 g/mol. The standard InChI is InChI=1S/C13H23N3O2/c1-9-8-10(16(5)15-9)12(18)14-11(6-7-17)13(2,3)4/h8,11,17H,6-7H2,1-5H3,(H,14,18). The highest BCUT2D eigenvalue weighted by Crippen LogP contribution is 2.22. The van der Waals surface area contributed by atoms with Gasteiger partial charge in [0.15, 0.2) is 0 Å². The third-order valence-corrected chi connectivity index (χ3v) is 3.00. The second kappa shape index (κ2) is 5.52. The highest BCUT2D eigenvalue weighted by atomic mass is 16.3. The molecule has 1 unspecified atom stereocenters. The maximum Gasteiger partial charge on any atom is 0.269 e. The summed E-state index contributed by atoms with van der Waals surface area (Å²) in [5.74, 6) is -0.147. The average molecular weight is 253 g/mol. The molecular formula is C13H23N3O2. The van der Waals surface area contributed by atoms with E-state index in [1.54, 1.807) is 17.8 Å². The Bertz CT molecular complexity index is 418. The fourth-order valence-electron chi connectivity index (χ4n) is 1.91. The highest BCUT2D eigenvalue weighted by Gasteiger charge is 2.26. The molecule has 5 nitrogen and oxygen atoms in total. The second-order valence-electron chi connectivity index (χ2n) is 5.70. The number of aryl methyl sites for hydroxylation is 2. The Kier molecular flexibility index (Phi) is 4.51. The van der Waals surface area contributed by atoms with Gasteiger partial charge in [-0.2, -0.15) is 5.10 Å². The first kappa shape index (κ1) is 14.7. The van der Waals surface area contributed by atoms with Gasteiger partial charge in [-0.15, -0.1) is 0 Å². The van der Waals surface area contributed by atoms with Gasteiger partial charge < -0.3 is 10.4 Å². The molecule has 1 amide bonds. The van der Waals surface area contributed by atoms with Crippen LogP contribution in [0.5, 0.6) is 0 Å². The Labute approximate surface area is 108 Å². The van der Waals surface area contributed by atoms with Gasteiger partial charge in [-0.1, -0.05) is 20.8 Å². The summed E-state index contributed by atoms with van der Waals surface area (Å²) >= 11 is 0. The first-order valence-corrected chi connectivity index (χ1v) is 6.18. The van der Waals surface area contributed by atoms with Crippen LogP contribution in [0.2, 0.25) is 0 Å². The van der Waals surface area contributed by atoms with E-state index >= 15 is 0 Å². The van der Waals surface area contributed by atoms with E-state index in [2.05, 4.69) is 10.4 Å². The number of nitrogens with zero attached hydrogens (tertiary/aromatic N) is 2. The summed E-state index contributed by atoms with van der Waals surface area (Å²) in [4.78, 5) is 12.2. The van der Waals surface area contributed by atoms with Crippen LogP contribution >= 0.6 is 0 Å². The Morgan fingerprint density at radius 1 is 1.56 bits per heavy atom. The van der Waals surface area contributed by atoms with Crippen molar-refractivity contribution in [1.29, 1.82) is 0 Å².